The highest BCUT2D eigenvalue weighted by atomic mass is 16.1. The quantitative estimate of drug-likeness (QED) is 0.710. The lowest BCUT2D eigenvalue weighted by Gasteiger charge is -2.29. The molecule has 0 aliphatic carbocycles. The van der Waals surface area contributed by atoms with Gasteiger partial charge in [0.25, 0.3) is 0 Å². The summed E-state index contributed by atoms with van der Waals surface area (Å²) in [7, 11) is 0. The lowest BCUT2D eigenvalue weighted by molar-refractivity contribution is -0.904. The third kappa shape index (κ3) is 3.86. The predicted molar refractivity (Wildman–Crippen MR) is 68.0 cm³/mol. The van der Waals surface area contributed by atoms with E-state index >= 15 is 0 Å². The van der Waals surface area contributed by atoms with Gasteiger partial charge in [-0.25, -0.2) is 0 Å². The molecule has 1 aliphatic rings. The van der Waals surface area contributed by atoms with Crippen molar-refractivity contribution in [3.05, 3.63) is 35.9 Å². The van der Waals surface area contributed by atoms with Crippen LogP contribution in [0.15, 0.2) is 30.3 Å². The largest absolute Gasteiger partial charge is 0.334 e. The van der Waals surface area contributed by atoms with Gasteiger partial charge in [-0.2, -0.15) is 0 Å². The molecule has 1 aromatic carbocycles. The first-order chi connectivity index (χ1) is 8.38. The number of piperazine rings is 1. The molecule has 0 unspecified atom stereocenters. The molecule has 3 heteroatoms. The van der Waals surface area contributed by atoms with Gasteiger partial charge in [-0.15, -0.1) is 0 Å². The number of hydrogen-bond donors (Lipinski definition) is 1. The van der Waals surface area contributed by atoms with E-state index in [0.29, 0.717) is 0 Å². The van der Waals surface area contributed by atoms with Crippen molar-refractivity contribution in [3.63, 3.8) is 0 Å². The van der Waals surface area contributed by atoms with Gasteiger partial charge >= 0.3 is 0 Å². The van der Waals surface area contributed by atoms with Crippen LogP contribution in [0, 0.1) is 0 Å². The van der Waals surface area contributed by atoms with Crippen LogP contribution in [0.5, 0.6) is 0 Å². The molecule has 1 heterocycles. The Morgan fingerprint density at radius 3 is 2.53 bits per heavy atom. The second-order valence-corrected chi connectivity index (χ2v) is 4.73. The predicted octanol–water partition coefficient (Wildman–Crippen LogP) is -0.0239. The van der Waals surface area contributed by atoms with E-state index in [1.165, 1.54) is 24.9 Å². The molecule has 2 rings (SSSR count). The number of carbonyl (C=O) groups is 1. The van der Waals surface area contributed by atoms with E-state index in [0.717, 1.165) is 32.6 Å². The SMILES string of the molecule is O=CN1CC[NH+](CCCc2ccccc2)CC1. The van der Waals surface area contributed by atoms with Crippen molar-refractivity contribution in [1.82, 2.24) is 4.90 Å². The summed E-state index contributed by atoms with van der Waals surface area (Å²) in [4.78, 5) is 14.1. The summed E-state index contributed by atoms with van der Waals surface area (Å²) in [6, 6.07) is 10.7. The Balaban J connectivity index is 1.65. The Morgan fingerprint density at radius 2 is 1.88 bits per heavy atom. The van der Waals surface area contributed by atoms with Gasteiger partial charge in [-0.1, -0.05) is 30.3 Å². The maximum atomic E-state index is 10.6. The topological polar surface area (TPSA) is 24.8 Å². The Kier molecular flexibility index (Phi) is 4.56. The number of nitrogens with one attached hydrogen (secondary N) is 1. The van der Waals surface area contributed by atoms with Crippen LogP contribution in [-0.2, 0) is 11.2 Å². The summed E-state index contributed by atoms with van der Waals surface area (Å²) in [5, 5.41) is 0. The molecule has 0 atom stereocenters. The van der Waals surface area contributed by atoms with Crippen LogP contribution < -0.4 is 4.90 Å². The van der Waals surface area contributed by atoms with Crippen LogP contribution in [-0.4, -0.2) is 44.0 Å². The molecule has 1 fully saturated rings. The first-order valence-corrected chi connectivity index (χ1v) is 6.45. The van der Waals surface area contributed by atoms with Crippen molar-refractivity contribution in [2.45, 2.75) is 12.8 Å². The van der Waals surface area contributed by atoms with E-state index in [9.17, 15) is 4.79 Å². The molecule has 1 amide bonds. The number of rotatable bonds is 5. The van der Waals surface area contributed by atoms with E-state index in [4.69, 9.17) is 0 Å². The zero-order chi connectivity index (χ0) is 11.9. The molecular formula is C14H21N2O+. The molecule has 0 spiro atoms. The molecule has 1 N–H and O–H groups in total. The Morgan fingerprint density at radius 1 is 1.18 bits per heavy atom. The van der Waals surface area contributed by atoms with Crippen molar-refractivity contribution in [3.8, 4) is 0 Å². The normalized spacial score (nSPS) is 17.1. The number of aryl methyl sites for hydroxylation is 1. The maximum absolute atomic E-state index is 10.6. The fraction of sp³-hybridized carbons (Fsp3) is 0.500. The van der Waals surface area contributed by atoms with Gasteiger partial charge in [0.15, 0.2) is 0 Å². The molecule has 0 radical (unpaired) electrons. The molecular weight excluding hydrogens is 212 g/mol. The van der Waals surface area contributed by atoms with E-state index in [-0.39, 0.29) is 0 Å². The zero-order valence-corrected chi connectivity index (χ0v) is 10.3. The van der Waals surface area contributed by atoms with Crippen molar-refractivity contribution < 1.29 is 9.69 Å². The first-order valence-electron chi connectivity index (χ1n) is 6.45. The second kappa shape index (κ2) is 6.40. The summed E-state index contributed by atoms with van der Waals surface area (Å²) in [5.41, 5.74) is 1.43. The van der Waals surface area contributed by atoms with Crippen molar-refractivity contribution in [2.24, 2.45) is 0 Å². The minimum Gasteiger partial charge on any atom is -0.334 e. The smallest absolute Gasteiger partial charge is 0.210 e. The number of benzene rings is 1. The van der Waals surface area contributed by atoms with E-state index in [1.54, 1.807) is 4.90 Å². The fourth-order valence-electron chi connectivity index (χ4n) is 2.38. The minimum absolute atomic E-state index is 0.921. The van der Waals surface area contributed by atoms with Gasteiger partial charge in [-0.05, 0) is 12.0 Å². The second-order valence-electron chi connectivity index (χ2n) is 4.73. The van der Waals surface area contributed by atoms with Gasteiger partial charge in [0.05, 0.1) is 32.7 Å². The summed E-state index contributed by atoms with van der Waals surface area (Å²) in [5.74, 6) is 0. The van der Waals surface area contributed by atoms with E-state index in [2.05, 4.69) is 30.3 Å². The molecule has 1 saturated heterocycles. The molecule has 3 nitrogen and oxygen atoms in total. The summed E-state index contributed by atoms with van der Waals surface area (Å²) in [6.45, 7) is 5.27. The number of hydrogen-bond acceptors (Lipinski definition) is 1. The number of nitrogens with zero attached hydrogens (tertiary/aromatic N) is 1. The summed E-state index contributed by atoms with van der Waals surface area (Å²) >= 11 is 0. The summed E-state index contributed by atoms with van der Waals surface area (Å²) < 4.78 is 0. The van der Waals surface area contributed by atoms with Gasteiger partial charge in [-0.3, -0.25) is 4.79 Å². The molecule has 1 aliphatic heterocycles. The molecule has 17 heavy (non-hydrogen) atoms. The van der Waals surface area contributed by atoms with Gasteiger partial charge in [0, 0.05) is 6.42 Å². The van der Waals surface area contributed by atoms with Gasteiger partial charge in [0.1, 0.15) is 0 Å². The van der Waals surface area contributed by atoms with E-state index in [1.807, 2.05) is 4.90 Å². The Labute approximate surface area is 103 Å². The van der Waals surface area contributed by atoms with Crippen LogP contribution in [0.1, 0.15) is 12.0 Å². The van der Waals surface area contributed by atoms with Crippen molar-refractivity contribution >= 4 is 6.41 Å². The van der Waals surface area contributed by atoms with Crippen LogP contribution in [0.3, 0.4) is 0 Å². The van der Waals surface area contributed by atoms with Crippen molar-refractivity contribution in [1.29, 1.82) is 0 Å². The number of amides is 1. The standard InChI is InChI=1S/C14H20N2O/c17-13-16-11-9-15(10-12-16)8-4-7-14-5-2-1-3-6-14/h1-3,5-6,13H,4,7-12H2/p+1. The average Bonchev–Trinajstić information content (AvgIpc) is 2.41. The van der Waals surface area contributed by atoms with Crippen molar-refractivity contribution in [2.75, 3.05) is 32.7 Å². The van der Waals surface area contributed by atoms with Gasteiger partial charge < -0.3 is 9.80 Å². The lowest BCUT2D eigenvalue weighted by atomic mass is 10.1. The number of quaternary nitrogens is 1. The van der Waals surface area contributed by atoms with Crippen LogP contribution >= 0.6 is 0 Å². The van der Waals surface area contributed by atoms with Crippen LogP contribution in [0.4, 0.5) is 0 Å². The molecule has 0 aromatic heterocycles. The molecule has 92 valence electrons. The van der Waals surface area contributed by atoms with Crippen LogP contribution in [0.2, 0.25) is 0 Å². The third-order valence-electron chi connectivity index (χ3n) is 3.49. The summed E-state index contributed by atoms with van der Waals surface area (Å²) in [6.07, 6.45) is 3.38. The van der Waals surface area contributed by atoms with E-state index < -0.39 is 0 Å². The minimum atomic E-state index is 0.921. The Hall–Kier alpha value is -1.35. The lowest BCUT2D eigenvalue weighted by Crippen LogP contribution is -3.14. The fourth-order valence-corrected chi connectivity index (χ4v) is 2.38. The maximum Gasteiger partial charge on any atom is 0.210 e. The molecule has 1 aromatic rings. The highest BCUT2D eigenvalue weighted by Gasteiger charge is 2.17. The average molecular weight is 233 g/mol. The first kappa shape index (κ1) is 12.1. The van der Waals surface area contributed by atoms with Gasteiger partial charge in [0.2, 0.25) is 6.41 Å². The Bertz CT molecular complexity index is 331. The monoisotopic (exact) mass is 233 g/mol. The highest BCUT2D eigenvalue weighted by Crippen LogP contribution is 2.00. The molecule has 0 bridgehead atoms. The molecule has 0 saturated carbocycles. The highest BCUT2D eigenvalue weighted by molar-refractivity contribution is 5.46. The zero-order valence-electron chi connectivity index (χ0n) is 10.3. The third-order valence-corrected chi connectivity index (χ3v) is 3.49. The van der Waals surface area contributed by atoms with Crippen LogP contribution in [0.25, 0.3) is 0 Å². The number of carbonyl (C=O) groups excluding carboxylic acids is 1.